The van der Waals surface area contributed by atoms with Crippen LogP contribution in [0.2, 0.25) is 0 Å². The molecule has 21 heavy (non-hydrogen) atoms. The van der Waals surface area contributed by atoms with Gasteiger partial charge in [0.25, 0.3) is 0 Å². The van der Waals surface area contributed by atoms with E-state index in [1.165, 1.54) is 18.4 Å². The van der Waals surface area contributed by atoms with E-state index in [0.29, 0.717) is 6.42 Å². The van der Waals surface area contributed by atoms with Crippen LogP contribution in [0.5, 0.6) is 0 Å². The summed E-state index contributed by atoms with van der Waals surface area (Å²) < 4.78 is 0. The van der Waals surface area contributed by atoms with Crippen LogP contribution in [0.3, 0.4) is 0 Å². The number of carbonyl (C=O) groups excluding carboxylic acids is 1. The number of carbonyl (C=O) groups is 1. The smallest absolute Gasteiger partial charge is 0.238 e. The fraction of sp³-hybridized carbons (Fsp3) is 0.588. The maximum absolute atomic E-state index is 11.2. The van der Waals surface area contributed by atoms with Crippen LogP contribution in [0.4, 0.5) is 0 Å². The highest BCUT2D eigenvalue weighted by molar-refractivity contribution is 5.77. The second kappa shape index (κ2) is 9.53. The molecule has 0 spiro atoms. The van der Waals surface area contributed by atoms with E-state index in [0.717, 1.165) is 31.1 Å². The zero-order valence-corrected chi connectivity index (χ0v) is 13.6. The lowest BCUT2D eigenvalue weighted by molar-refractivity contribution is -0.120. The molecule has 0 aliphatic heterocycles. The molecule has 1 aromatic rings. The van der Waals surface area contributed by atoms with Crippen molar-refractivity contribution in [2.45, 2.75) is 46.6 Å². The van der Waals surface area contributed by atoms with E-state index in [-0.39, 0.29) is 5.91 Å². The fourth-order valence-electron chi connectivity index (χ4n) is 2.47. The summed E-state index contributed by atoms with van der Waals surface area (Å²) in [5.41, 5.74) is 4.44. The highest BCUT2D eigenvalue weighted by Crippen LogP contribution is 2.13. The number of hydrogen-bond acceptors (Lipinski definition) is 3. The van der Waals surface area contributed by atoms with Gasteiger partial charge in [-0.15, -0.1) is 0 Å². The van der Waals surface area contributed by atoms with Crippen molar-refractivity contribution >= 4 is 5.91 Å². The predicted molar refractivity (Wildman–Crippen MR) is 87.5 cm³/mol. The Balaban J connectivity index is 2.58. The lowest BCUT2D eigenvalue weighted by Crippen LogP contribution is -2.31. The Kier molecular flexibility index (Phi) is 8.01. The van der Waals surface area contributed by atoms with Gasteiger partial charge in [0.2, 0.25) is 5.91 Å². The van der Waals surface area contributed by atoms with Gasteiger partial charge in [-0.2, -0.15) is 0 Å². The number of amides is 1. The van der Waals surface area contributed by atoms with Gasteiger partial charge in [0, 0.05) is 13.1 Å². The summed E-state index contributed by atoms with van der Waals surface area (Å²) in [6.45, 7) is 9.92. The first-order chi connectivity index (χ1) is 10.1. The average molecular weight is 291 g/mol. The van der Waals surface area contributed by atoms with Crippen molar-refractivity contribution < 1.29 is 4.79 Å². The molecule has 0 bridgehead atoms. The molecule has 0 aliphatic carbocycles. The molecule has 0 unspecified atom stereocenters. The number of rotatable bonds is 9. The van der Waals surface area contributed by atoms with E-state index < -0.39 is 0 Å². The van der Waals surface area contributed by atoms with Crippen molar-refractivity contribution in [2.75, 3.05) is 13.1 Å². The highest BCUT2D eigenvalue weighted by Gasteiger charge is 2.10. The van der Waals surface area contributed by atoms with Gasteiger partial charge in [-0.05, 0) is 23.6 Å². The van der Waals surface area contributed by atoms with Crippen molar-refractivity contribution in [3.8, 4) is 0 Å². The molecule has 1 amide bonds. The molecule has 118 valence electrons. The van der Waals surface area contributed by atoms with Gasteiger partial charge in [-0.3, -0.25) is 15.1 Å². The average Bonchev–Trinajstić information content (AvgIpc) is 2.52. The largest absolute Gasteiger partial charge is 0.299 e. The summed E-state index contributed by atoms with van der Waals surface area (Å²) in [6, 6.07) is 8.23. The standard InChI is InChI=1S/C17H29N3O/c1-4-14(5-2)12-20(6-3)13-16-9-7-15(8-10-16)11-17(21)19-18/h7-10,14H,4-6,11-13,18H2,1-3H3,(H,19,21). The maximum atomic E-state index is 11.2. The van der Waals surface area contributed by atoms with Crippen LogP contribution in [0.1, 0.15) is 44.7 Å². The molecule has 0 radical (unpaired) electrons. The third-order valence-corrected chi connectivity index (χ3v) is 4.07. The molecule has 0 aromatic heterocycles. The molecule has 1 rings (SSSR count). The summed E-state index contributed by atoms with van der Waals surface area (Å²) in [6.07, 6.45) is 2.81. The third-order valence-electron chi connectivity index (χ3n) is 4.07. The van der Waals surface area contributed by atoms with Crippen LogP contribution in [0.15, 0.2) is 24.3 Å². The fourth-order valence-corrected chi connectivity index (χ4v) is 2.47. The molecule has 0 atom stereocenters. The minimum atomic E-state index is -0.160. The first-order valence-corrected chi connectivity index (χ1v) is 7.92. The monoisotopic (exact) mass is 291 g/mol. The molecule has 4 nitrogen and oxygen atoms in total. The normalized spacial score (nSPS) is 11.1. The first-order valence-electron chi connectivity index (χ1n) is 7.92. The van der Waals surface area contributed by atoms with Crippen LogP contribution in [-0.2, 0) is 17.8 Å². The van der Waals surface area contributed by atoms with E-state index >= 15 is 0 Å². The Morgan fingerprint density at radius 3 is 2.19 bits per heavy atom. The van der Waals surface area contributed by atoms with Crippen molar-refractivity contribution in [2.24, 2.45) is 11.8 Å². The Morgan fingerprint density at radius 2 is 1.71 bits per heavy atom. The second-order valence-corrected chi connectivity index (χ2v) is 5.57. The van der Waals surface area contributed by atoms with E-state index in [1.807, 2.05) is 12.1 Å². The van der Waals surface area contributed by atoms with Gasteiger partial charge in [-0.1, -0.05) is 57.9 Å². The van der Waals surface area contributed by atoms with Crippen LogP contribution < -0.4 is 11.3 Å². The molecular formula is C17H29N3O. The zero-order chi connectivity index (χ0) is 15.7. The van der Waals surface area contributed by atoms with Gasteiger partial charge in [0.15, 0.2) is 0 Å². The van der Waals surface area contributed by atoms with Gasteiger partial charge in [-0.25, -0.2) is 5.84 Å². The lowest BCUT2D eigenvalue weighted by Gasteiger charge is -2.25. The van der Waals surface area contributed by atoms with Crippen LogP contribution in [0.25, 0.3) is 0 Å². The number of nitrogens with zero attached hydrogens (tertiary/aromatic N) is 1. The minimum Gasteiger partial charge on any atom is -0.299 e. The van der Waals surface area contributed by atoms with E-state index in [2.05, 4.69) is 43.2 Å². The minimum absolute atomic E-state index is 0.160. The van der Waals surface area contributed by atoms with Crippen LogP contribution in [0, 0.1) is 5.92 Å². The van der Waals surface area contributed by atoms with Gasteiger partial charge in [0.05, 0.1) is 6.42 Å². The second-order valence-electron chi connectivity index (χ2n) is 5.57. The Hall–Kier alpha value is -1.39. The number of hydrogen-bond donors (Lipinski definition) is 2. The van der Waals surface area contributed by atoms with Crippen LogP contribution >= 0.6 is 0 Å². The number of nitrogens with two attached hydrogens (primary N) is 1. The summed E-state index contributed by atoms with van der Waals surface area (Å²) in [4.78, 5) is 13.7. The summed E-state index contributed by atoms with van der Waals surface area (Å²) in [5, 5.41) is 0. The third kappa shape index (κ3) is 6.27. The Labute approximate surface area is 128 Å². The number of nitrogens with one attached hydrogen (secondary N) is 1. The van der Waals surface area contributed by atoms with Crippen molar-refractivity contribution in [1.82, 2.24) is 10.3 Å². The van der Waals surface area contributed by atoms with Gasteiger partial charge < -0.3 is 0 Å². The van der Waals surface area contributed by atoms with E-state index in [1.54, 1.807) is 0 Å². The van der Waals surface area contributed by atoms with Crippen LogP contribution in [-0.4, -0.2) is 23.9 Å². The molecule has 0 saturated heterocycles. The molecule has 0 aliphatic rings. The lowest BCUT2D eigenvalue weighted by atomic mass is 10.0. The molecule has 0 heterocycles. The molecule has 3 N–H and O–H groups in total. The Bertz CT molecular complexity index is 413. The molecular weight excluding hydrogens is 262 g/mol. The van der Waals surface area contributed by atoms with Crippen molar-refractivity contribution in [3.05, 3.63) is 35.4 Å². The van der Waals surface area contributed by atoms with E-state index in [4.69, 9.17) is 5.84 Å². The summed E-state index contributed by atoms with van der Waals surface area (Å²) in [5.74, 6) is 5.72. The molecule has 0 saturated carbocycles. The Morgan fingerprint density at radius 1 is 1.14 bits per heavy atom. The topological polar surface area (TPSA) is 58.4 Å². The van der Waals surface area contributed by atoms with E-state index in [9.17, 15) is 4.79 Å². The summed E-state index contributed by atoms with van der Waals surface area (Å²) in [7, 11) is 0. The number of benzene rings is 1. The SMILES string of the molecule is CCC(CC)CN(CC)Cc1ccc(CC(=O)NN)cc1. The highest BCUT2D eigenvalue weighted by atomic mass is 16.2. The van der Waals surface area contributed by atoms with Crippen molar-refractivity contribution in [1.29, 1.82) is 0 Å². The first kappa shape index (κ1) is 17.7. The van der Waals surface area contributed by atoms with Gasteiger partial charge in [0.1, 0.15) is 0 Å². The predicted octanol–water partition coefficient (Wildman–Crippen LogP) is 2.48. The quantitative estimate of drug-likeness (QED) is 0.417. The maximum Gasteiger partial charge on any atom is 0.238 e. The molecule has 4 heteroatoms. The molecule has 1 aromatic carbocycles. The zero-order valence-electron chi connectivity index (χ0n) is 13.6. The van der Waals surface area contributed by atoms with Gasteiger partial charge >= 0.3 is 0 Å². The van der Waals surface area contributed by atoms with Crippen molar-refractivity contribution in [3.63, 3.8) is 0 Å². The number of hydrazine groups is 1. The molecule has 0 fully saturated rings. The summed E-state index contributed by atoms with van der Waals surface area (Å²) >= 11 is 0.